The van der Waals surface area contributed by atoms with Crippen molar-refractivity contribution in [2.45, 2.75) is 341 Å². The van der Waals surface area contributed by atoms with E-state index in [1.807, 2.05) is 0 Å². The Morgan fingerprint density at radius 1 is 0.256 bits per heavy atom. The number of carbonyl (C=O) groups excluding carboxylic acids is 3. The van der Waals surface area contributed by atoms with Crippen LogP contribution in [-0.4, -0.2) is 37.2 Å². The van der Waals surface area contributed by atoms with Gasteiger partial charge in [-0.2, -0.15) is 0 Å². The van der Waals surface area contributed by atoms with E-state index >= 15 is 0 Å². The molecule has 6 nitrogen and oxygen atoms in total. The van der Waals surface area contributed by atoms with Gasteiger partial charge in [0.05, 0.1) is 0 Å². The van der Waals surface area contributed by atoms with Crippen molar-refractivity contribution in [2.24, 2.45) is 0 Å². The summed E-state index contributed by atoms with van der Waals surface area (Å²) < 4.78 is 17.0. The molecular weight excluding hydrogens is 1010 g/mol. The van der Waals surface area contributed by atoms with E-state index in [-0.39, 0.29) is 31.1 Å². The Labute approximate surface area is 508 Å². The summed E-state index contributed by atoms with van der Waals surface area (Å²) in [4.78, 5) is 38.5. The van der Waals surface area contributed by atoms with Gasteiger partial charge in [0.25, 0.3) is 0 Å². The van der Waals surface area contributed by atoms with Gasteiger partial charge in [-0.1, -0.05) is 323 Å². The summed E-state index contributed by atoms with van der Waals surface area (Å²) in [5.74, 6) is -0.893. The predicted molar refractivity (Wildman–Crippen MR) is 357 cm³/mol. The molecule has 0 aliphatic carbocycles. The van der Waals surface area contributed by atoms with Crippen LogP contribution >= 0.6 is 0 Å². The predicted octanol–water partition coefficient (Wildman–Crippen LogP) is 24.2. The number of unbranched alkanes of at least 4 members (excludes halogenated alkanes) is 34. The van der Waals surface area contributed by atoms with Crippen molar-refractivity contribution in [3.8, 4) is 0 Å². The number of rotatable bonds is 63. The Balaban J connectivity index is 4.32. The monoisotopic (exact) mass is 1140 g/mol. The van der Waals surface area contributed by atoms with Crippen molar-refractivity contribution in [3.63, 3.8) is 0 Å². The highest BCUT2D eigenvalue weighted by Gasteiger charge is 2.19. The molecule has 0 amide bonds. The summed E-state index contributed by atoms with van der Waals surface area (Å²) in [5, 5.41) is 0. The van der Waals surface area contributed by atoms with Gasteiger partial charge in [0, 0.05) is 19.3 Å². The second kappa shape index (κ2) is 69.6. The highest BCUT2D eigenvalue weighted by molar-refractivity contribution is 5.71. The summed E-state index contributed by atoms with van der Waals surface area (Å²) in [6.45, 7) is 6.44. The van der Waals surface area contributed by atoms with E-state index in [0.29, 0.717) is 19.3 Å². The van der Waals surface area contributed by atoms with Crippen molar-refractivity contribution < 1.29 is 28.6 Å². The first kappa shape index (κ1) is 78.1. The van der Waals surface area contributed by atoms with Crippen LogP contribution in [0, 0.1) is 0 Å². The Hall–Kier alpha value is -3.93. The first-order chi connectivity index (χ1) is 40.5. The fourth-order valence-corrected chi connectivity index (χ4v) is 9.88. The Bertz CT molecular complexity index is 1640. The van der Waals surface area contributed by atoms with Crippen LogP contribution in [0.15, 0.2) is 109 Å². The first-order valence-corrected chi connectivity index (χ1v) is 34.9. The highest BCUT2D eigenvalue weighted by atomic mass is 16.6. The molecule has 1 atom stereocenters. The maximum atomic E-state index is 12.9. The lowest BCUT2D eigenvalue weighted by atomic mass is 10.0. The lowest BCUT2D eigenvalue weighted by molar-refractivity contribution is -0.167. The molecule has 0 aliphatic heterocycles. The van der Waals surface area contributed by atoms with Crippen LogP contribution in [0.1, 0.15) is 335 Å². The van der Waals surface area contributed by atoms with Crippen molar-refractivity contribution in [2.75, 3.05) is 13.2 Å². The van der Waals surface area contributed by atoms with Gasteiger partial charge in [0.1, 0.15) is 13.2 Å². The summed E-state index contributed by atoms with van der Waals surface area (Å²) in [5.41, 5.74) is 0. The van der Waals surface area contributed by atoms with E-state index in [4.69, 9.17) is 14.2 Å². The van der Waals surface area contributed by atoms with E-state index in [9.17, 15) is 14.4 Å². The fraction of sp³-hybridized carbons (Fsp3) is 0.724. The van der Waals surface area contributed by atoms with Gasteiger partial charge < -0.3 is 14.2 Å². The fourth-order valence-electron chi connectivity index (χ4n) is 9.88. The zero-order valence-corrected chi connectivity index (χ0v) is 54.0. The third kappa shape index (κ3) is 66.9. The molecule has 0 rings (SSSR count). The van der Waals surface area contributed by atoms with Crippen molar-refractivity contribution >= 4 is 17.9 Å². The molecule has 0 aromatic carbocycles. The SMILES string of the molecule is CC/C=C\C/C=C\C/C=C\C/C=C\C/C=C\CCCCCCCCCCCCCCCC(=O)OCC(COC(=O)CCCCCC/C=C\C/C=C\C/C=C\C/C=C\CC)OC(=O)CCCCCCCCCCCCCCCCCCCC. The van der Waals surface area contributed by atoms with Crippen LogP contribution in [0.25, 0.3) is 0 Å². The van der Waals surface area contributed by atoms with Crippen LogP contribution in [0.3, 0.4) is 0 Å². The first-order valence-electron chi connectivity index (χ1n) is 34.9. The average molecular weight is 1140 g/mol. The van der Waals surface area contributed by atoms with Crippen LogP contribution in [0.4, 0.5) is 0 Å². The molecule has 0 bridgehead atoms. The molecule has 0 aliphatic rings. The molecule has 0 spiro atoms. The molecule has 0 N–H and O–H groups in total. The zero-order valence-electron chi connectivity index (χ0n) is 54.0. The second-order valence-electron chi connectivity index (χ2n) is 23.0. The van der Waals surface area contributed by atoms with E-state index in [1.54, 1.807) is 0 Å². The van der Waals surface area contributed by atoms with Crippen LogP contribution in [0.2, 0.25) is 0 Å². The maximum absolute atomic E-state index is 12.9. The summed E-state index contributed by atoms with van der Waals surface area (Å²) >= 11 is 0. The molecule has 470 valence electrons. The molecule has 0 radical (unpaired) electrons. The van der Waals surface area contributed by atoms with E-state index in [1.165, 1.54) is 167 Å². The van der Waals surface area contributed by atoms with Crippen molar-refractivity contribution in [3.05, 3.63) is 109 Å². The normalized spacial score (nSPS) is 12.8. The minimum atomic E-state index is -0.790. The number of hydrogen-bond acceptors (Lipinski definition) is 6. The number of hydrogen-bond donors (Lipinski definition) is 0. The molecule has 0 fully saturated rings. The number of esters is 3. The molecule has 0 saturated heterocycles. The summed E-state index contributed by atoms with van der Waals surface area (Å²) in [6, 6.07) is 0. The Morgan fingerprint density at radius 2 is 0.476 bits per heavy atom. The third-order valence-electron chi connectivity index (χ3n) is 15.0. The van der Waals surface area contributed by atoms with Crippen LogP contribution < -0.4 is 0 Å². The molecular formula is C76H130O6. The van der Waals surface area contributed by atoms with Crippen LogP contribution in [0.5, 0.6) is 0 Å². The largest absolute Gasteiger partial charge is 0.462 e. The average Bonchev–Trinajstić information content (AvgIpc) is 3.47. The van der Waals surface area contributed by atoms with Gasteiger partial charge in [-0.15, -0.1) is 0 Å². The van der Waals surface area contributed by atoms with Gasteiger partial charge in [-0.05, 0) is 103 Å². The summed E-state index contributed by atoms with van der Waals surface area (Å²) in [7, 11) is 0. The lowest BCUT2D eigenvalue weighted by Gasteiger charge is -2.18. The molecule has 6 heteroatoms. The second-order valence-corrected chi connectivity index (χ2v) is 23.0. The van der Waals surface area contributed by atoms with Gasteiger partial charge >= 0.3 is 17.9 Å². The molecule has 0 aromatic rings. The van der Waals surface area contributed by atoms with Gasteiger partial charge in [-0.3, -0.25) is 14.4 Å². The standard InChI is InChI=1S/C76H130O6/c1-4-7-10-13-16-19-22-25-28-31-33-34-35-36-37-38-39-40-41-42-43-46-48-51-54-57-60-63-66-69-75(78)81-72-73(71-80-74(77)68-65-62-59-56-53-50-47-44-30-27-24-21-18-15-12-9-6-3)82-76(79)70-67-64-61-58-55-52-49-45-32-29-26-23-20-17-14-11-8-5-2/h7,9-10,12,16,18-19,21,25,27-28,30,33-34,36-37,47,50,73H,4-6,8,11,13-15,17,20,22-24,26,29,31-32,35,38-46,48-49,51-72H2,1-3H3/b10-7-,12-9-,19-16-,21-18-,28-25-,30-27-,34-33-,37-36-,50-47-. The smallest absolute Gasteiger partial charge is 0.306 e. The minimum Gasteiger partial charge on any atom is -0.462 e. The molecule has 0 saturated carbocycles. The molecule has 0 aromatic heterocycles. The third-order valence-corrected chi connectivity index (χ3v) is 15.0. The number of carbonyl (C=O) groups is 3. The van der Waals surface area contributed by atoms with Gasteiger partial charge in [0.2, 0.25) is 0 Å². The summed E-state index contributed by atoms with van der Waals surface area (Å²) in [6.07, 6.45) is 95.4. The van der Waals surface area contributed by atoms with E-state index in [0.717, 1.165) is 128 Å². The number of ether oxygens (including phenoxy) is 3. The number of allylic oxidation sites excluding steroid dienone is 18. The van der Waals surface area contributed by atoms with Crippen LogP contribution in [-0.2, 0) is 28.6 Å². The molecule has 0 heterocycles. The maximum Gasteiger partial charge on any atom is 0.306 e. The van der Waals surface area contributed by atoms with Crippen molar-refractivity contribution in [1.29, 1.82) is 0 Å². The van der Waals surface area contributed by atoms with Gasteiger partial charge in [-0.25, -0.2) is 0 Å². The van der Waals surface area contributed by atoms with E-state index in [2.05, 4.69) is 130 Å². The quantitative estimate of drug-likeness (QED) is 0.0261. The Morgan fingerprint density at radius 3 is 0.744 bits per heavy atom. The Kier molecular flexibility index (Phi) is 66.2. The highest BCUT2D eigenvalue weighted by Crippen LogP contribution is 2.17. The van der Waals surface area contributed by atoms with Gasteiger partial charge in [0.15, 0.2) is 6.10 Å². The van der Waals surface area contributed by atoms with E-state index < -0.39 is 6.10 Å². The lowest BCUT2D eigenvalue weighted by Crippen LogP contribution is -2.30. The minimum absolute atomic E-state index is 0.0839. The molecule has 1 unspecified atom stereocenters. The molecule has 82 heavy (non-hydrogen) atoms. The topological polar surface area (TPSA) is 78.9 Å². The zero-order chi connectivity index (χ0) is 59.2. The van der Waals surface area contributed by atoms with Crippen molar-refractivity contribution in [1.82, 2.24) is 0 Å².